The van der Waals surface area contributed by atoms with E-state index in [9.17, 15) is 17.2 Å². The summed E-state index contributed by atoms with van der Waals surface area (Å²) in [6.07, 6.45) is 0.374. The summed E-state index contributed by atoms with van der Waals surface area (Å²) in [5.74, 6) is 0.262. The number of likely N-dealkylation sites (N-methyl/N-ethyl adjacent to an activating group) is 1. The van der Waals surface area contributed by atoms with Gasteiger partial charge in [0.25, 0.3) is 0 Å². The van der Waals surface area contributed by atoms with E-state index in [1.807, 2.05) is 0 Å². The average Bonchev–Trinajstić information content (AvgIpc) is 2.86. The number of fused-ring (bicyclic) bond motifs is 1. The van der Waals surface area contributed by atoms with Crippen molar-refractivity contribution in [1.29, 1.82) is 0 Å². The van der Waals surface area contributed by atoms with Gasteiger partial charge in [0.2, 0.25) is 21.9 Å². The van der Waals surface area contributed by atoms with E-state index in [0.717, 1.165) is 44.0 Å². The quantitative estimate of drug-likeness (QED) is 0.532. The zero-order chi connectivity index (χ0) is 24.6. The molecule has 0 radical (unpaired) electrons. The molecule has 11 heteroatoms. The molecule has 0 spiro atoms. The van der Waals surface area contributed by atoms with E-state index >= 15 is 0 Å². The van der Waals surface area contributed by atoms with Crippen molar-refractivity contribution in [1.82, 2.24) is 19.2 Å². The summed E-state index contributed by atoms with van der Waals surface area (Å²) >= 11 is 0. The highest BCUT2D eigenvalue weighted by atomic mass is 32.2. The van der Waals surface area contributed by atoms with Crippen molar-refractivity contribution in [3.63, 3.8) is 0 Å². The number of anilines is 1. The molecule has 3 aromatic rings. The number of hydrogen-bond donors (Lipinski definition) is 0. The number of piperazine rings is 1. The monoisotopic (exact) mass is 501 g/mol. The minimum atomic E-state index is -3.86. The van der Waals surface area contributed by atoms with Crippen LogP contribution < -0.4 is 9.64 Å². The zero-order valence-corrected chi connectivity index (χ0v) is 20.0. The van der Waals surface area contributed by atoms with Crippen molar-refractivity contribution in [2.24, 2.45) is 0 Å². The number of hydrogen-bond acceptors (Lipinski definition) is 7. The summed E-state index contributed by atoms with van der Waals surface area (Å²) in [6, 6.07) is 10.3. The molecule has 184 valence electrons. The molecule has 0 unspecified atom stereocenters. The maximum Gasteiger partial charge on any atom is 0.243 e. The van der Waals surface area contributed by atoms with Crippen LogP contribution in [0.4, 0.5) is 14.7 Å². The van der Waals surface area contributed by atoms with Gasteiger partial charge in [0.15, 0.2) is 0 Å². The van der Waals surface area contributed by atoms with Gasteiger partial charge in [0.05, 0.1) is 16.2 Å². The fourth-order valence-electron chi connectivity index (χ4n) is 4.15. The molecule has 2 aliphatic heterocycles. The van der Waals surface area contributed by atoms with Crippen LogP contribution in [0.3, 0.4) is 0 Å². The lowest BCUT2D eigenvalue weighted by Crippen LogP contribution is -2.45. The molecule has 1 aromatic heterocycles. The topological polar surface area (TPSA) is 78.9 Å². The third kappa shape index (κ3) is 4.97. The maximum atomic E-state index is 13.4. The van der Waals surface area contributed by atoms with E-state index in [0.29, 0.717) is 23.7 Å². The molecular formula is C24H25F2N5O3S. The van der Waals surface area contributed by atoms with Crippen LogP contribution in [-0.2, 0) is 23.0 Å². The Kier molecular flexibility index (Phi) is 6.39. The Bertz CT molecular complexity index is 1310. The third-order valence-electron chi connectivity index (χ3n) is 6.24. The molecule has 5 rings (SSSR count). The highest BCUT2D eigenvalue weighted by Crippen LogP contribution is 2.33. The summed E-state index contributed by atoms with van der Waals surface area (Å²) in [5, 5.41) is 0. The predicted octanol–water partition coefficient (Wildman–Crippen LogP) is 3.05. The van der Waals surface area contributed by atoms with Crippen LogP contribution in [0.5, 0.6) is 11.6 Å². The summed E-state index contributed by atoms with van der Waals surface area (Å²) in [4.78, 5) is 13.7. The Morgan fingerprint density at radius 1 is 0.857 bits per heavy atom. The average molecular weight is 502 g/mol. The predicted molar refractivity (Wildman–Crippen MR) is 126 cm³/mol. The molecular weight excluding hydrogens is 476 g/mol. The van der Waals surface area contributed by atoms with Crippen LogP contribution in [0.1, 0.15) is 11.3 Å². The van der Waals surface area contributed by atoms with E-state index in [4.69, 9.17) is 9.72 Å². The molecule has 0 aliphatic carbocycles. The number of nitrogens with zero attached hydrogens (tertiary/aromatic N) is 5. The van der Waals surface area contributed by atoms with Crippen LogP contribution >= 0.6 is 0 Å². The number of rotatable bonds is 5. The molecule has 8 nitrogen and oxygen atoms in total. The van der Waals surface area contributed by atoms with Gasteiger partial charge in [-0.25, -0.2) is 22.2 Å². The first-order chi connectivity index (χ1) is 16.8. The molecule has 2 aliphatic rings. The van der Waals surface area contributed by atoms with Crippen LogP contribution in [0.2, 0.25) is 0 Å². The van der Waals surface area contributed by atoms with Gasteiger partial charge in [-0.2, -0.15) is 9.29 Å². The number of benzene rings is 2. The van der Waals surface area contributed by atoms with E-state index in [1.165, 1.54) is 40.7 Å². The second-order valence-electron chi connectivity index (χ2n) is 8.64. The van der Waals surface area contributed by atoms with E-state index < -0.39 is 21.7 Å². The van der Waals surface area contributed by atoms with Crippen LogP contribution in [0, 0.1) is 11.6 Å². The van der Waals surface area contributed by atoms with Gasteiger partial charge in [0.1, 0.15) is 17.4 Å². The third-order valence-corrected chi connectivity index (χ3v) is 8.10. The fraction of sp³-hybridized carbons (Fsp3) is 0.333. The van der Waals surface area contributed by atoms with Gasteiger partial charge in [-0.1, -0.05) is 0 Å². The molecule has 0 bridgehead atoms. The van der Waals surface area contributed by atoms with Gasteiger partial charge < -0.3 is 14.5 Å². The lowest BCUT2D eigenvalue weighted by atomic mass is 10.1. The summed E-state index contributed by atoms with van der Waals surface area (Å²) in [5.41, 5.74) is 1.28. The fourth-order valence-corrected chi connectivity index (χ4v) is 5.56. The highest BCUT2D eigenvalue weighted by molar-refractivity contribution is 7.89. The smallest absolute Gasteiger partial charge is 0.243 e. The van der Waals surface area contributed by atoms with Gasteiger partial charge in [0, 0.05) is 45.7 Å². The summed E-state index contributed by atoms with van der Waals surface area (Å²) < 4.78 is 60.6. The molecule has 0 N–H and O–H groups in total. The van der Waals surface area contributed by atoms with Crippen molar-refractivity contribution < 1.29 is 21.9 Å². The minimum absolute atomic E-state index is 0.00852. The zero-order valence-electron chi connectivity index (χ0n) is 19.2. The second-order valence-corrected chi connectivity index (χ2v) is 10.6. The van der Waals surface area contributed by atoms with Crippen molar-refractivity contribution >= 4 is 16.0 Å². The second kappa shape index (κ2) is 9.48. The first-order valence-corrected chi connectivity index (χ1v) is 12.8. The van der Waals surface area contributed by atoms with E-state index in [1.54, 1.807) is 0 Å². The Morgan fingerprint density at radius 3 is 2.14 bits per heavy atom. The molecule has 35 heavy (non-hydrogen) atoms. The molecule has 0 saturated carbocycles. The SMILES string of the molecule is CN1CCN(c2nc3c(c(Oc4ccc(F)cc4)n2)CN(S(=O)(=O)c2ccc(F)cc2)CC3)CC1. The number of aromatic nitrogens is 2. The van der Waals surface area contributed by atoms with Crippen LogP contribution in [0.25, 0.3) is 0 Å². The first kappa shape index (κ1) is 23.6. The summed E-state index contributed by atoms with van der Waals surface area (Å²) in [6.45, 7) is 3.50. The Labute approximate surface area is 202 Å². The lowest BCUT2D eigenvalue weighted by Gasteiger charge is -2.34. The number of sulfonamides is 1. The number of halogens is 2. The first-order valence-electron chi connectivity index (χ1n) is 11.3. The Hall–Kier alpha value is -3.15. The van der Waals surface area contributed by atoms with Gasteiger partial charge in [-0.05, 0) is 55.6 Å². The maximum absolute atomic E-state index is 13.4. The lowest BCUT2D eigenvalue weighted by molar-refractivity contribution is 0.310. The van der Waals surface area contributed by atoms with Crippen molar-refractivity contribution in [2.45, 2.75) is 17.9 Å². The Morgan fingerprint density at radius 2 is 1.49 bits per heavy atom. The standard InChI is InChI=1S/C24H25F2N5O3S/c1-29-12-14-30(15-13-29)24-27-22-10-11-31(35(32,33)20-8-4-18(26)5-9-20)16-21(22)23(28-24)34-19-6-2-17(25)3-7-19/h2-9H,10-16H2,1H3. The minimum Gasteiger partial charge on any atom is -0.438 e. The normalized spacial score (nSPS) is 17.3. The van der Waals surface area contributed by atoms with Crippen molar-refractivity contribution in [3.8, 4) is 11.6 Å². The van der Waals surface area contributed by atoms with Gasteiger partial charge >= 0.3 is 0 Å². The van der Waals surface area contributed by atoms with Gasteiger partial charge in [-0.15, -0.1) is 0 Å². The molecule has 0 atom stereocenters. The Balaban J connectivity index is 1.50. The van der Waals surface area contributed by atoms with Gasteiger partial charge in [-0.3, -0.25) is 0 Å². The van der Waals surface area contributed by atoms with Crippen molar-refractivity contribution in [3.05, 3.63) is 71.4 Å². The van der Waals surface area contributed by atoms with Crippen LogP contribution in [0.15, 0.2) is 53.4 Å². The highest BCUT2D eigenvalue weighted by Gasteiger charge is 2.33. The molecule has 1 saturated heterocycles. The molecule has 1 fully saturated rings. The molecule has 3 heterocycles. The van der Waals surface area contributed by atoms with E-state index in [2.05, 4.69) is 21.8 Å². The molecule has 2 aromatic carbocycles. The molecule has 0 amide bonds. The largest absolute Gasteiger partial charge is 0.438 e. The van der Waals surface area contributed by atoms with E-state index in [-0.39, 0.29) is 23.9 Å². The van der Waals surface area contributed by atoms with Crippen LogP contribution in [-0.4, -0.2) is 67.4 Å². The number of ether oxygens (including phenoxy) is 1. The summed E-state index contributed by atoms with van der Waals surface area (Å²) in [7, 11) is -1.80. The van der Waals surface area contributed by atoms with Crippen molar-refractivity contribution in [2.75, 3.05) is 44.7 Å².